The van der Waals surface area contributed by atoms with Gasteiger partial charge in [-0.3, -0.25) is 9.59 Å². The summed E-state index contributed by atoms with van der Waals surface area (Å²) in [6, 6.07) is 6.32. The van der Waals surface area contributed by atoms with E-state index in [0.29, 0.717) is 5.56 Å². The molecule has 3 N–H and O–H groups in total. The van der Waals surface area contributed by atoms with Crippen molar-refractivity contribution in [3.8, 4) is 11.5 Å². The third kappa shape index (κ3) is 2.61. The SMILES string of the molecule is CC1OCC(C2(O)Cc3c(O)c4c(c(O)c3C(Br)C2)C(=O)c2ccccc2C4=O)O1. The van der Waals surface area contributed by atoms with Gasteiger partial charge in [0, 0.05) is 33.5 Å². The minimum atomic E-state index is -1.39. The number of carbonyl (C=O) groups is 2. The van der Waals surface area contributed by atoms with Gasteiger partial charge < -0.3 is 24.8 Å². The van der Waals surface area contributed by atoms with E-state index >= 15 is 0 Å². The van der Waals surface area contributed by atoms with E-state index in [1.165, 1.54) is 12.1 Å². The summed E-state index contributed by atoms with van der Waals surface area (Å²) in [6.45, 7) is 1.92. The summed E-state index contributed by atoms with van der Waals surface area (Å²) in [5.41, 5.74) is -0.909. The maximum Gasteiger partial charge on any atom is 0.198 e. The predicted octanol–water partition coefficient (Wildman–Crippen LogP) is 2.75. The van der Waals surface area contributed by atoms with E-state index in [9.17, 15) is 24.9 Å². The topological polar surface area (TPSA) is 113 Å². The zero-order valence-electron chi connectivity index (χ0n) is 16.0. The van der Waals surface area contributed by atoms with Crippen molar-refractivity contribution in [3.63, 3.8) is 0 Å². The third-order valence-corrected chi connectivity index (χ3v) is 7.01. The number of fused-ring (bicyclic) bond motifs is 3. The van der Waals surface area contributed by atoms with Crippen molar-refractivity contribution in [2.75, 3.05) is 6.61 Å². The van der Waals surface area contributed by atoms with E-state index in [2.05, 4.69) is 15.9 Å². The van der Waals surface area contributed by atoms with Crippen LogP contribution in [0.3, 0.4) is 0 Å². The molecule has 5 rings (SSSR count). The molecule has 1 aliphatic heterocycles. The number of phenols is 2. The molecule has 2 aromatic carbocycles. The Bertz CT molecular complexity index is 1110. The Morgan fingerprint density at radius 3 is 2.23 bits per heavy atom. The van der Waals surface area contributed by atoms with E-state index in [0.717, 1.165) is 0 Å². The van der Waals surface area contributed by atoms with Crippen LogP contribution in [-0.2, 0) is 15.9 Å². The molecule has 7 nitrogen and oxygen atoms in total. The second-order valence-corrected chi connectivity index (χ2v) is 9.13. The van der Waals surface area contributed by atoms with Gasteiger partial charge in [-0.15, -0.1) is 0 Å². The fourth-order valence-corrected chi connectivity index (χ4v) is 5.80. The maximum atomic E-state index is 13.1. The summed E-state index contributed by atoms with van der Waals surface area (Å²) < 4.78 is 11.1. The molecule has 0 radical (unpaired) electrons. The van der Waals surface area contributed by atoms with Gasteiger partial charge >= 0.3 is 0 Å². The first-order chi connectivity index (χ1) is 14.2. The molecule has 30 heavy (non-hydrogen) atoms. The van der Waals surface area contributed by atoms with Crippen LogP contribution in [0.1, 0.15) is 61.1 Å². The van der Waals surface area contributed by atoms with Crippen molar-refractivity contribution in [1.82, 2.24) is 0 Å². The Labute approximate surface area is 180 Å². The number of aromatic hydroxyl groups is 2. The lowest BCUT2D eigenvalue weighted by Gasteiger charge is -2.40. The molecular formula is C22H19BrO7. The van der Waals surface area contributed by atoms with Gasteiger partial charge in [-0.05, 0) is 13.3 Å². The van der Waals surface area contributed by atoms with E-state index < -0.39 is 34.4 Å². The van der Waals surface area contributed by atoms with Gasteiger partial charge in [-0.25, -0.2) is 0 Å². The highest BCUT2D eigenvalue weighted by molar-refractivity contribution is 9.09. The number of alkyl halides is 1. The molecule has 8 heteroatoms. The van der Waals surface area contributed by atoms with Crippen molar-refractivity contribution < 1.29 is 34.4 Å². The van der Waals surface area contributed by atoms with Crippen LogP contribution in [0.2, 0.25) is 0 Å². The number of hydrogen-bond acceptors (Lipinski definition) is 7. The summed E-state index contributed by atoms with van der Waals surface area (Å²) in [5.74, 6) is -1.78. The van der Waals surface area contributed by atoms with Gasteiger partial charge in [-0.1, -0.05) is 40.2 Å². The Morgan fingerprint density at radius 2 is 1.67 bits per heavy atom. The molecule has 2 aliphatic carbocycles. The van der Waals surface area contributed by atoms with Gasteiger partial charge in [0.15, 0.2) is 17.9 Å². The molecule has 0 aromatic heterocycles. The standard InChI is InChI=1S/C22H19BrO7/c1-9-29-8-14(30-9)22(28)6-12-15(13(23)7-22)21(27)17-16(20(12)26)18(24)10-4-2-3-5-11(10)19(17)25/h2-5,9,13-14,26-28H,6-8H2,1H3. The number of aliphatic hydroxyl groups is 1. The summed E-state index contributed by atoms with van der Waals surface area (Å²) in [7, 11) is 0. The predicted molar refractivity (Wildman–Crippen MR) is 108 cm³/mol. The van der Waals surface area contributed by atoms with Crippen molar-refractivity contribution in [2.24, 2.45) is 0 Å². The summed E-state index contributed by atoms with van der Waals surface area (Å²) in [5, 5.41) is 33.4. The molecule has 2 aromatic rings. The first-order valence-electron chi connectivity index (χ1n) is 9.65. The first kappa shape index (κ1) is 19.7. The van der Waals surface area contributed by atoms with Gasteiger partial charge in [0.25, 0.3) is 0 Å². The summed E-state index contributed by atoms with van der Waals surface area (Å²) in [6.07, 6.45) is -0.974. The highest BCUT2D eigenvalue weighted by Gasteiger charge is 2.50. The second-order valence-electron chi connectivity index (χ2n) is 8.02. The lowest BCUT2D eigenvalue weighted by atomic mass is 9.72. The molecule has 3 aliphatic rings. The second kappa shape index (κ2) is 6.62. The van der Waals surface area contributed by atoms with Gasteiger partial charge in [0.1, 0.15) is 17.6 Å². The molecule has 4 unspecified atom stereocenters. The summed E-state index contributed by atoms with van der Waals surface area (Å²) in [4.78, 5) is 25.6. The van der Waals surface area contributed by atoms with E-state index in [4.69, 9.17) is 9.47 Å². The van der Waals surface area contributed by atoms with E-state index in [1.54, 1.807) is 19.1 Å². The first-order valence-corrected chi connectivity index (χ1v) is 10.6. The maximum absolute atomic E-state index is 13.1. The van der Waals surface area contributed by atoms with Crippen molar-refractivity contribution >= 4 is 27.5 Å². The third-order valence-electron chi connectivity index (χ3n) is 6.23. The lowest BCUT2D eigenvalue weighted by molar-refractivity contribution is -0.117. The lowest BCUT2D eigenvalue weighted by Crippen LogP contribution is -2.49. The van der Waals surface area contributed by atoms with Crippen LogP contribution in [0.5, 0.6) is 11.5 Å². The number of rotatable bonds is 1. The Kier molecular flexibility index (Phi) is 4.34. The molecule has 1 saturated heterocycles. The van der Waals surface area contributed by atoms with Gasteiger partial charge in [-0.2, -0.15) is 0 Å². The van der Waals surface area contributed by atoms with Crippen LogP contribution in [0, 0.1) is 0 Å². The van der Waals surface area contributed by atoms with Crippen LogP contribution in [0.15, 0.2) is 24.3 Å². The minimum absolute atomic E-state index is 0.0546. The zero-order valence-corrected chi connectivity index (χ0v) is 17.6. The average molecular weight is 475 g/mol. The molecule has 0 spiro atoms. The Balaban J connectivity index is 1.69. The monoisotopic (exact) mass is 474 g/mol. The van der Waals surface area contributed by atoms with Crippen molar-refractivity contribution in [2.45, 2.75) is 42.6 Å². The van der Waals surface area contributed by atoms with Crippen LogP contribution in [0.4, 0.5) is 0 Å². The molecule has 156 valence electrons. The molecule has 1 heterocycles. The Morgan fingerprint density at radius 1 is 1.07 bits per heavy atom. The average Bonchev–Trinajstić information content (AvgIpc) is 3.15. The van der Waals surface area contributed by atoms with Gasteiger partial charge in [0.05, 0.1) is 23.3 Å². The molecule has 4 atom stereocenters. The van der Waals surface area contributed by atoms with Gasteiger partial charge in [0.2, 0.25) is 0 Å². The number of carbonyl (C=O) groups excluding carboxylic acids is 2. The van der Waals surface area contributed by atoms with E-state index in [-0.39, 0.29) is 58.8 Å². The molecule has 0 saturated carbocycles. The zero-order chi connectivity index (χ0) is 21.4. The normalized spacial score (nSPS) is 30.0. The molecule has 0 amide bonds. The highest BCUT2D eigenvalue weighted by atomic mass is 79.9. The molecule has 1 fully saturated rings. The molecule has 0 bridgehead atoms. The quantitative estimate of drug-likeness (QED) is 0.367. The highest BCUT2D eigenvalue weighted by Crippen LogP contribution is 2.53. The largest absolute Gasteiger partial charge is 0.507 e. The van der Waals surface area contributed by atoms with Crippen LogP contribution < -0.4 is 0 Å². The number of ketones is 2. The minimum Gasteiger partial charge on any atom is -0.507 e. The number of phenolic OH excluding ortho intramolecular Hbond substituents is 2. The molecular weight excluding hydrogens is 456 g/mol. The number of hydrogen-bond donors (Lipinski definition) is 3. The number of ether oxygens (including phenoxy) is 2. The smallest absolute Gasteiger partial charge is 0.198 e. The van der Waals surface area contributed by atoms with Crippen LogP contribution in [-0.4, -0.2) is 51.5 Å². The van der Waals surface area contributed by atoms with Crippen molar-refractivity contribution in [3.05, 3.63) is 57.6 Å². The number of halogens is 1. The van der Waals surface area contributed by atoms with Crippen molar-refractivity contribution in [1.29, 1.82) is 0 Å². The fourth-order valence-electron chi connectivity index (χ4n) is 4.75. The van der Waals surface area contributed by atoms with Crippen LogP contribution in [0.25, 0.3) is 0 Å². The fraction of sp³-hybridized carbons (Fsp3) is 0.364. The number of benzene rings is 2. The van der Waals surface area contributed by atoms with Crippen LogP contribution >= 0.6 is 15.9 Å². The Hall–Kier alpha value is -2.26. The summed E-state index contributed by atoms with van der Waals surface area (Å²) >= 11 is 3.48. The van der Waals surface area contributed by atoms with E-state index in [1.807, 2.05) is 0 Å².